The fourth-order valence-corrected chi connectivity index (χ4v) is 2.30. The first-order valence-electron chi connectivity index (χ1n) is 6.09. The fraction of sp³-hybridized carbons (Fsp3) is 0.0667. The summed E-state index contributed by atoms with van der Waals surface area (Å²) in [6.07, 6.45) is 0. The van der Waals surface area contributed by atoms with Gasteiger partial charge in [-0.2, -0.15) is 0 Å². The van der Waals surface area contributed by atoms with Crippen LogP contribution >= 0.6 is 23.8 Å². The molecule has 0 aliphatic carbocycles. The summed E-state index contributed by atoms with van der Waals surface area (Å²) in [5.41, 5.74) is 6.73. The molecule has 108 valence electrons. The monoisotopic (exact) mass is 322 g/mol. The number of nitrogens with two attached hydrogens (primary N) is 1. The lowest BCUT2D eigenvalue weighted by Crippen LogP contribution is -2.31. The predicted octanol–water partition coefficient (Wildman–Crippen LogP) is 3.49. The highest BCUT2D eigenvalue weighted by Gasteiger charge is 2.23. The second kappa shape index (κ2) is 6.65. The van der Waals surface area contributed by atoms with Gasteiger partial charge < -0.3 is 11.1 Å². The molecule has 0 fully saturated rings. The summed E-state index contributed by atoms with van der Waals surface area (Å²) in [5, 5.41) is 2.56. The third-order valence-electron chi connectivity index (χ3n) is 2.87. The van der Waals surface area contributed by atoms with E-state index in [0.717, 1.165) is 0 Å². The molecule has 0 spiro atoms. The number of hydrogen-bond acceptors (Lipinski definition) is 2. The molecule has 2 rings (SSSR count). The van der Waals surface area contributed by atoms with Gasteiger partial charge in [0.2, 0.25) is 5.91 Å². The van der Waals surface area contributed by atoms with Crippen molar-refractivity contribution < 1.29 is 9.18 Å². The topological polar surface area (TPSA) is 55.1 Å². The van der Waals surface area contributed by atoms with Gasteiger partial charge >= 0.3 is 0 Å². The Balaban J connectivity index is 2.24. The van der Waals surface area contributed by atoms with Crippen molar-refractivity contribution in [3.8, 4) is 0 Å². The molecule has 21 heavy (non-hydrogen) atoms. The molecule has 1 atom stereocenters. The van der Waals surface area contributed by atoms with Crippen LogP contribution < -0.4 is 11.1 Å². The summed E-state index contributed by atoms with van der Waals surface area (Å²) in [6, 6.07) is 12.9. The normalized spacial score (nSPS) is 11.7. The maximum atomic E-state index is 13.1. The van der Waals surface area contributed by atoms with Crippen LogP contribution in [0.4, 0.5) is 10.1 Å². The molecule has 0 aliphatic rings. The lowest BCUT2D eigenvalue weighted by atomic mass is 9.98. The van der Waals surface area contributed by atoms with E-state index in [2.05, 4.69) is 5.32 Å². The minimum Gasteiger partial charge on any atom is -0.392 e. The zero-order valence-corrected chi connectivity index (χ0v) is 12.4. The van der Waals surface area contributed by atoms with Gasteiger partial charge in [-0.1, -0.05) is 54.2 Å². The Hall–Kier alpha value is -1.98. The van der Waals surface area contributed by atoms with Crippen molar-refractivity contribution in [3.63, 3.8) is 0 Å². The number of anilines is 1. The largest absolute Gasteiger partial charge is 0.392 e. The third kappa shape index (κ3) is 3.77. The summed E-state index contributed by atoms with van der Waals surface area (Å²) < 4.78 is 13.1. The van der Waals surface area contributed by atoms with Gasteiger partial charge in [-0.15, -0.1) is 0 Å². The molecule has 1 unspecified atom stereocenters. The lowest BCUT2D eigenvalue weighted by Gasteiger charge is -2.16. The zero-order chi connectivity index (χ0) is 15.4. The maximum Gasteiger partial charge on any atom is 0.238 e. The Morgan fingerprint density at radius 3 is 2.48 bits per heavy atom. The van der Waals surface area contributed by atoms with Gasteiger partial charge in [0.25, 0.3) is 0 Å². The van der Waals surface area contributed by atoms with E-state index in [4.69, 9.17) is 29.6 Å². The standard InChI is InChI=1S/C15H12ClFN2OS/c16-11-8-10(6-7-12(11)17)19-15(20)13(14(18)21)9-4-2-1-3-5-9/h1-8,13H,(H2,18,21)(H,19,20). The Labute approximate surface area is 131 Å². The first kappa shape index (κ1) is 15.4. The number of halogens is 2. The summed E-state index contributed by atoms with van der Waals surface area (Å²) in [6.45, 7) is 0. The molecule has 0 saturated heterocycles. The second-order valence-electron chi connectivity index (χ2n) is 4.36. The highest BCUT2D eigenvalue weighted by Crippen LogP contribution is 2.22. The van der Waals surface area contributed by atoms with Gasteiger partial charge in [0.15, 0.2) is 0 Å². The minimum atomic E-state index is -0.759. The molecular formula is C15H12ClFN2OS. The zero-order valence-electron chi connectivity index (χ0n) is 10.8. The van der Waals surface area contributed by atoms with Crippen LogP contribution in [0.2, 0.25) is 5.02 Å². The van der Waals surface area contributed by atoms with Crippen molar-refractivity contribution in [2.75, 3.05) is 5.32 Å². The first-order chi connectivity index (χ1) is 9.99. The van der Waals surface area contributed by atoms with Crippen molar-refractivity contribution in [2.24, 2.45) is 5.73 Å². The predicted molar refractivity (Wildman–Crippen MR) is 86.0 cm³/mol. The molecule has 0 saturated carbocycles. The average Bonchev–Trinajstić information content (AvgIpc) is 2.44. The SMILES string of the molecule is NC(=S)C(C(=O)Nc1ccc(F)c(Cl)c1)c1ccccc1. The molecule has 6 heteroatoms. The number of rotatable bonds is 4. The minimum absolute atomic E-state index is 0.0620. The van der Waals surface area contributed by atoms with Crippen molar-refractivity contribution in [2.45, 2.75) is 5.92 Å². The number of carbonyl (C=O) groups is 1. The third-order valence-corrected chi connectivity index (χ3v) is 3.39. The second-order valence-corrected chi connectivity index (χ2v) is 5.24. The van der Waals surface area contributed by atoms with Crippen molar-refractivity contribution in [1.82, 2.24) is 0 Å². The lowest BCUT2D eigenvalue weighted by molar-refractivity contribution is -0.116. The van der Waals surface area contributed by atoms with Gasteiger partial charge in [-0.25, -0.2) is 4.39 Å². The molecular weight excluding hydrogens is 311 g/mol. The van der Waals surface area contributed by atoms with Crippen LogP contribution in [0.1, 0.15) is 11.5 Å². The fourth-order valence-electron chi connectivity index (χ4n) is 1.88. The number of carbonyl (C=O) groups excluding carboxylic acids is 1. The molecule has 0 heterocycles. The van der Waals surface area contributed by atoms with E-state index in [1.54, 1.807) is 24.3 Å². The number of hydrogen-bond donors (Lipinski definition) is 2. The van der Waals surface area contributed by atoms with Crippen LogP contribution in [0, 0.1) is 5.82 Å². The Bertz CT molecular complexity index is 679. The Morgan fingerprint density at radius 1 is 1.24 bits per heavy atom. The van der Waals surface area contributed by atoms with Crippen molar-refractivity contribution in [1.29, 1.82) is 0 Å². The van der Waals surface area contributed by atoms with E-state index in [1.165, 1.54) is 18.2 Å². The summed E-state index contributed by atoms with van der Waals surface area (Å²) in [7, 11) is 0. The highest BCUT2D eigenvalue weighted by atomic mass is 35.5. The molecule has 2 aromatic carbocycles. The first-order valence-corrected chi connectivity index (χ1v) is 6.88. The van der Waals surface area contributed by atoms with Crippen LogP contribution in [0.25, 0.3) is 0 Å². The van der Waals surface area contributed by atoms with Gasteiger partial charge in [-0.3, -0.25) is 4.79 Å². The highest BCUT2D eigenvalue weighted by molar-refractivity contribution is 7.80. The van der Waals surface area contributed by atoms with Crippen LogP contribution in [-0.2, 0) is 4.79 Å². The van der Waals surface area contributed by atoms with E-state index >= 15 is 0 Å². The number of amides is 1. The quantitative estimate of drug-likeness (QED) is 0.847. The number of benzene rings is 2. The molecule has 3 nitrogen and oxygen atoms in total. The Kier molecular flexibility index (Phi) is 4.88. The maximum absolute atomic E-state index is 13.1. The smallest absolute Gasteiger partial charge is 0.238 e. The summed E-state index contributed by atoms with van der Waals surface area (Å²) >= 11 is 10.6. The molecule has 0 aromatic heterocycles. The summed E-state index contributed by atoms with van der Waals surface area (Å²) in [4.78, 5) is 12.4. The van der Waals surface area contributed by atoms with Crippen LogP contribution in [0.3, 0.4) is 0 Å². The van der Waals surface area contributed by atoms with Gasteiger partial charge in [0.05, 0.1) is 10.0 Å². The summed E-state index contributed by atoms with van der Waals surface area (Å²) in [5.74, 6) is -1.70. The molecule has 0 aliphatic heterocycles. The average molecular weight is 323 g/mol. The number of thiocarbonyl (C=S) groups is 1. The van der Waals surface area contributed by atoms with E-state index in [0.29, 0.717) is 11.3 Å². The molecule has 0 radical (unpaired) electrons. The molecule has 0 bridgehead atoms. The number of nitrogens with one attached hydrogen (secondary N) is 1. The van der Waals surface area contributed by atoms with E-state index in [9.17, 15) is 9.18 Å². The molecule has 2 aromatic rings. The molecule has 1 amide bonds. The van der Waals surface area contributed by atoms with Crippen LogP contribution in [-0.4, -0.2) is 10.9 Å². The van der Waals surface area contributed by atoms with Crippen LogP contribution in [0.15, 0.2) is 48.5 Å². The van der Waals surface area contributed by atoms with Crippen molar-refractivity contribution >= 4 is 40.4 Å². The van der Waals surface area contributed by atoms with Crippen LogP contribution in [0.5, 0.6) is 0 Å². The van der Waals surface area contributed by atoms with Gasteiger partial charge in [0.1, 0.15) is 11.7 Å². The van der Waals surface area contributed by atoms with E-state index in [-0.39, 0.29) is 10.0 Å². The van der Waals surface area contributed by atoms with Gasteiger partial charge in [-0.05, 0) is 23.8 Å². The Morgan fingerprint density at radius 2 is 1.90 bits per heavy atom. The van der Waals surface area contributed by atoms with E-state index < -0.39 is 17.6 Å². The van der Waals surface area contributed by atoms with E-state index in [1.807, 2.05) is 6.07 Å². The van der Waals surface area contributed by atoms with Gasteiger partial charge in [0, 0.05) is 5.69 Å². The van der Waals surface area contributed by atoms with Crippen molar-refractivity contribution in [3.05, 3.63) is 64.9 Å². The molecule has 3 N–H and O–H groups in total.